The molecule has 3 aromatic carbocycles. The third-order valence-corrected chi connectivity index (χ3v) is 8.87. The maximum atomic E-state index is 15.4. The van der Waals surface area contributed by atoms with Gasteiger partial charge in [0.15, 0.2) is 11.5 Å². The van der Waals surface area contributed by atoms with E-state index in [0.29, 0.717) is 54.0 Å². The molecule has 0 aliphatic carbocycles. The molecule has 1 fully saturated rings. The lowest BCUT2D eigenvalue weighted by molar-refractivity contribution is -0.121. The van der Waals surface area contributed by atoms with Crippen LogP contribution in [-0.2, 0) is 11.2 Å². The van der Waals surface area contributed by atoms with Gasteiger partial charge in [0, 0.05) is 56.2 Å². The number of halogens is 1. The monoisotopic (exact) mass is 683 g/mol. The molecule has 1 atom stereocenters. The molecule has 1 aliphatic heterocycles. The van der Waals surface area contributed by atoms with Crippen molar-refractivity contribution in [3.63, 3.8) is 0 Å². The van der Waals surface area contributed by atoms with Crippen molar-refractivity contribution < 1.29 is 23.5 Å². The van der Waals surface area contributed by atoms with Gasteiger partial charge in [-0.2, -0.15) is 4.98 Å². The molecule has 0 bridgehead atoms. The predicted octanol–water partition coefficient (Wildman–Crippen LogP) is 6.63. The lowest BCUT2D eigenvalue weighted by Crippen LogP contribution is -2.50. The van der Waals surface area contributed by atoms with Crippen LogP contribution in [-0.4, -0.2) is 73.1 Å². The summed E-state index contributed by atoms with van der Waals surface area (Å²) in [5, 5.41) is 8.92. The van der Waals surface area contributed by atoms with E-state index in [1.807, 2.05) is 45.0 Å². The van der Waals surface area contributed by atoms with Crippen molar-refractivity contribution in [2.24, 2.45) is 0 Å². The van der Waals surface area contributed by atoms with Gasteiger partial charge in [0.05, 0.1) is 12.8 Å². The van der Waals surface area contributed by atoms with Gasteiger partial charge in [0.2, 0.25) is 17.7 Å². The molecule has 1 saturated heterocycles. The third-order valence-electron chi connectivity index (χ3n) is 8.87. The smallest absolute Gasteiger partial charge is 0.262 e. The fourth-order valence-corrected chi connectivity index (χ4v) is 5.76. The Morgan fingerprint density at radius 1 is 1.04 bits per heavy atom. The highest BCUT2D eigenvalue weighted by Crippen LogP contribution is 2.35. The number of hydrogen-bond acceptors (Lipinski definition) is 9. The Labute approximate surface area is 293 Å². The van der Waals surface area contributed by atoms with Gasteiger partial charge in [0.25, 0.3) is 5.91 Å². The number of rotatable bonds is 13. The largest absolute Gasteiger partial charge is 0.493 e. The summed E-state index contributed by atoms with van der Waals surface area (Å²) in [5.74, 6) is -0.0432. The van der Waals surface area contributed by atoms with E-state index >= 15 is 4.39 Å². The number of hydrogen-bond donors (Lipinski definition) is 3. The molecule has 2 amide bonds. The van der Waals surface area contributed by atoms with Crippen molar-refractivity contribution in [1.82, 2.24) is 20.2 Å². The van der Waals surface area contributed by atoms with Crippen molar-refractivity contribution in [2.75, 3.05) is 55.9 Å². The second kappa shape index (κ2) is 16.4. The number of amides is 2. The van der Waals surface area contributed by atoms with Gasteiger partial charge in [0.1, 0.15) is 11.4 Å². The number of aromatic nitrogens is 2. The van der Waals surface area contributed by atoms with Crippen molar-refractivity contribution in [2.45, 2.75) is 53.0 Å². The van der Waals surface area contributed by atoms with Crippen LogP contribution in [0.1, 0.15) is 53.7 Å². The third kappa shape index (κ3) is 8.86. The number of benzene rings is 3. The first-order chi connectivity index (χ1) is 24.1. The summed E-state index contributed by atoms with van der Waals surface area (Å²) in [6.07, 6.45) is 3.10. The van der Waals surface area contributed by atoms with Crippen LogP contribution in [0.3, 0.4) is 0 Å². The van der Waals surface area contributed by atoms with Crippen LogP contribution < -0.4 is 30.3 Å². The Morgan fingerprint density at radius 2 is 1.82 bits per heavy atom. The van der Waals surface area contributed by atoms with Crippen LogP contribution in [0.25, 0.3) is 0 Å². The van der Waals surface area contributed by atoms with E-state index in [1.54, 1.807) is 24.3 Å². The number of nitrogens with zero attached hydrogens (tertiary/aromatic N) is 4. The van der Waals surface area contributed by atoms with Gasteiger partial charge in [-0.25, -0.2) is 9.37 Å². The molecule has 11 nitrogen and oxygen atoms in total. The molecule has 0 saturated carbocycles. The molecule has 3 N–H and O–H groups in total. The minimum absolute atomic E-state index is 0.0184. The second-order valence-electron chi connectivity index (χ2n) is 12.6. The van der Waals surface area contributed by atoms with E-state index in [9.17, 15) is 9.59 Å². The summed E-state index contributed by atoms with van der Waals surface area (Å²) in [7, 11) is 3.59. The van der Waals surface area contributed by atoms with E-state index in [0.717, 1.165) is 42.7 Å². The van der Waals surface area contributed by atoms with Crippen molar-refractivity contribution in [1.29, 1.82) is 0 Å². The molecule has 12 heteroatoms. The van der Waals surface area contributed by atoms with Gasteiger partial charge in [-0.1, -0.05) is 31.2 Å². The summed E-state index contributed by atoms with van der Waals surface area (Å²) in [5.41, 5.74) is 4.43. The molecular formula is C38H46FN7O4. The maximum Gasteiger partial charge on any atom is 0.262 e. The number of likely N-dealkylation sites (N-methyl/N-ethyl adjacent to an activating group) is 1. The molecule has 1 unspecified atom stereocenters. The standard InChI is InChI=1S/C38H46FN7O4/c1-7-17-40-34(47)16-12-27-11-15-32(33(20-27)49-6)50-37-29(36(48)43-35-24(2)9-8-10-25(35)3)22-41-38(44-37)42-28-13-14-31(30(39)21-28)46-19-18-45(5)26(4)23-46/h8-11,13-15,20-22,26H,7,12,16-19,23H2,1-6H3,(H,40,47)(H,43,48)(H,41,42,44). The fourth-order valence-electron chi connectivity index (χ4n) is 5.76. The highest BCUT2D eigenvalue weighted by Gasteiger charge is 2.24. The number of anilines is 4. The van der Waals surface area contributed by atoms with Crippen LogP contribution in [0, 0.1) is 19.7 Å². The van der Waals surface area contributed by atoms with Crippen LogP contribution in [0.4, 0.5) is 27.4 Å². The number of nitrogens with one attached hydrogen (secondary N) is 3. The Kier molecular flexibility index (Phi) is 11.9. The molecule has 2 heterocycles. The van der Waals surface area contributed by atoms with Crippen LogP contribution >= 0.6 is 0 Å². The summed E-state index contributed by atoms with van der Waals surface area (Å²) in [6.45, 7) is 10.9. The zero-order valence-electron chi connectivity index (χ0n) is 29.6. The SMILES string of the molecule is CCCNC(=O)CCc1ccc(Oc2nc(Nc3ccc(N4CCN(C)C(C)C4)c(F)c3)ncc2C(=O)Nc2c(C)cccc2C)c(OC)c1. The van der Waals surface area contributed by atoms with Gasteiger partial charge < -0.3 is 35.2 Å². The van der Waals surface area contributed by atoms with Crippen LogP contribution in [0.2, 0.25) is 0 Å². The van der Waals surface area contributed by atoms with Gasteiger partial charge in [-0.05, 0) is 87.7 Å². The molecule has 0 spiro atoms. The van der Waals surface area contributed by atoms with E-state index in [4.69, 9.17) is 9.47 Å². The van der Waals surface area contributed by atoms with Crippen molar-refractivity contribution >= 4 is 34.8 Å². The number of carbonyl (C=O) groups is 2. The molecule has 0 radical (unpaired) electrons. The number of ether oxygens (including phenoxy) is 2. The molecule has 5 rings (SSSR count). The number of piperazine rings is 1. The predicted molar refractivity (Wildman–Crippen MR) is 195 cm³/mol. The summed E-state index contributed by atoms with van der Waals surface area (Å²) >= 11 is 0. The average Bonchev–Trinajstić information content (AvgIpc) is 3.10. The Morgan fingerprint density at radius 3 is 2.52 bits per heavy atom. The number of para-hydroxylation sites is 1. The zero-order chi connectivity index (χ0) is 35.8. The zero-order valence-corrected chi connectivity index (χ0v) is 29.6. The summed E-state index contributed by atoms with van der Waals surface area (Å²) < 4.78 is 27.3. The normalized spacial score (nSPS) is 14.6. The quantitative estimate of drug-likeness (QED) is 0.143. The summed E-state index contributed by atoms with van der Waals surface area (Å²) in [6, 6.07) is 16.4. The van der Waals surface area contributed by atoms with E-state index in [1.165, 1.54) is 19.4 Å². The number of aryl methyl sites for hydroxylation is 3. The molecule has 1 aliphatic rings. The number of carbonyl (C=O) groups excluding carboxylic acids is 2. The molecule has 4 aromatic rings. The fraction of sp³-hybridized carbons (Fsp3) is 0.368. The van der Waals surface area contributed by atoms with Crippen molar-refractivity contribution in [3.05, 3.63) is 88.9 Å². The average molecular weight is 684 g/mol. The highest BCUT2D eigenvalue weighted by molar-refractivity contribution is 6.06. The van der Waals surface area contributed by atoms with Crippen LogP contribution in [0.5, 0.6) is 17.4 Å². The minimum atomic E-state index is -0.463. The minimum Gasteiger partial charge on any atom is -0.493 e. The van der Waals surface area contributed by atoms with E-state index in [2.05, 4.69) is 49.7 Å². The first-order valence-electron chi connectivity index (χ1n) is 16.9. The van der Waals surface area contributed by atoms with E-state index < -0.39 is 5.91 Å². The van der Waals surface area contributed by atoms with Crippen LogP contribution in [0.15, 0.2) is 60.8 Å². The Hall–Kier alpha value is -5.23. The first kappa shape index (κ1) is 36.1. The van der Waals surface area contributed by atoms with E-state index in [-0.39, 0.29) is 29.1 Å². The second-order valence-corrected chi connectivity index (χ2v) is 12.6. The highest BCUT2D eigenvalue weighted by atomic mass is 19.1. The van der Waals surface area contributed by atoms with Gasteiger partial charge in [-0.3, -0.25) is 9.59 Å². The topological polar surface area (TPSA) is 121 Å². The molecular weight excluding hydrogens is 637 g/mol. The Bertz CT molecular complexity index is 1820. The number of methoxy groups -OCH3 is 1. The van der Waals surface area contributed by atoms with Gasteiger partial charge in [-0.15, -0.1) is 0 Å². The molecule has 264 valence electrons. The molecule has 50 heavy (non-hydrogen) atoms. The van der Waals surface area contributed by atoms with Gasteiger partial charge >= 0.3 is 0 Å². The Balaban J connectivity index is 1.41. The molecule has 1 aromatic heterocycles. The maximum absolute atomic E-state index is 15.4. The first-order valence-corrected chi connectivity index (χ1v) is 16.9. The summed E-state index contributed by atoms with van der Waals surface area (Å²) in [4.78, 5) is 39.1. The lowest BCUT2D eigenvalue weighted by Gasteiger charge is -2.39. The lowest BCUT2D eigenvalue weighted by atomic mass is 10.1. The van der Waals surface area contributed by atoms with Crippen molar-refractivity contribution in [3.8, 4) is 17.4 Å².